The van der Waals surface area contributed by atoms with Gasteiger partial charge >= 0.3 is 6.09 Å². The molecule has 0 aliphatic carbocycles. The smallest absolute Gasteiger partial charge is 0.409 e. The SMILES string of the molecule is O=C(O)Nc1ccc(-c2cnc([C@@H]3CC[C@H]4CC(c5c(-n6cnnn6)ccc(Cl)c5F)=CC(=O)N43)[nH]2)nc1. The molecule has 0 saturated carbocycles. The van der Waals surface area contributed by atoms with E-state index in [1.165, 1.54) is 29.3 Å². The summed E-state index contributed by atoms with van der Waals surface area (Å²) in [7, 11) is 0. The van der Waals surface area contributed by atoms with Gasteiger partial charge in [-0.15, -0.1) is 5.10 Å². The summed E-state index contributed by atoms with van der Waals surface area (Å²) in [6, 6.07) is 5.88. The molecule has 3 N–H and O–H groups in total. The van der Waals surface area contributed by atoms with Crippen molar-refractivity contribution in [3.8, 4) is 17.1 Å². The number of hydrogen-bond acceptors (Lipinski definition) is 7. The van der Waals surface area contributed by atoms with Gasteiger partial charge in [0, 0.05) is 17.7 Å². The number of benzene rings is 1. The number of aromatic nitrogens is 7. The zero-order valence-electron chi connectivity index (χ0n) is 19.5. The highest BCUT2D eigenvalue weighted by Gasteiger charge is 2.42. The summed E-state index contributed by atoms with van der Waals surface area (Å²) in [6.07, 6.45) is 6.48. The van der Waals surface area contributed by atoms with Crippen LogP contribution in [0.3, 0.4) is 0 Å². The number of amides is 2. The lowest BCUT2D eigenvalue weighted by Gasteiger charge is -2.33. The van der Waals surface area contributed by atoms with E-state index in [1.807, 2.05) is 0 Å². The van der Waals surface area contributed by atoms with Crippen LogP contribution in [0.4, 0.5) is 14.9 Å². The van der Waals surface area contributed by atoms with E-state index in [4.69, 9.17) is 16.7 Å². The van der Waals surface area contributed by atoms with Crippen molar-refractivity contribution < 1.29 is 19.1 Å². The molecule has 12 nitrogen and oxygen atoms in total. The topological polar surface area (TPSA) is 155 Å². The van der Waals surface area contributed by atoms with E-state index >= 15 is 4.39 Å². The lowest BCUT2D eigenvalue weighted by atomic mass is 9.92. The first-order valence-corrected chi connectivity index (χ1v) is 12.0. The molecule has 1 saturated heterocycles. The molecule has 2 aliphatic rings. The van der Waals surface area contributed by atoms with Crippen LogP contribution >= 0.6 is 11.6 Å². The van der Waals surface area contributed by atoms with Crippen LogP contribution in [0.15, 0.2) is 49.1 Å². The second kappa shape index (κ2) is 9.34. The molecular formula is C24H19ClFN9O3. The van der Waals surface area contributed by atoms with E-state index in [2.05, 4.69) is 35.8 Å². The Hall–Kier alpha value is -4.65. The van der Waals surface area contributed by atoms with Crippen LogP contribution in [0, 0.1) is 5.82 Å². The highest BCUT2D eigenvalue weighted by Crippen LogP contribution is 2.44. The first-order valence-electron chi connectivity index (χ1n) is 11.6. The van der Waals surface area contributed by atoms with Crippen LogP contribution in [-0.2, 0) is 4.79 Å². The van der Waals surface area contributed by atoms with E-state index in [-0.39, 0.29) is 28.6 Å². The number of pyridine rings is 1. The average molecular weight is 536 g/mol. The first kappa shape index (κ1) is 23.7. The molecule has 4 aromatic rings. The number of aromatic amines is 1. The minimum absolute atomic E-state index is 0.0552. The molecule has 38 heavy (non-hydrogen) atoms. The van der Waals surface area contributed by atoms with Gasteiger partial charge in [0.05, 0.1) is 46.2 Å². The molecule has 3 aromatic heterocycles. The maximum Gasteiger partial charge on any atom is 0.409 e. The van der Waals surface area contributed by atoms with E-state index in [9.17, 15) is 9.59 Å². The summed E-state index contributed by atoms with van der Waals surface area (Å²) >= 11 is 6.10. The number of tetrazole rings is 1. The number of carboxylic acid groups (broad SMARTS) is 1. The molecule has 6 rings (SSSR count). The number of nitrogens with zero attached hydrogens (tertiary/aromatic N) is 7. The van der Waals surface area contributed by atoms with Gasteiger partial charge in [-0.2, -0.15) is 4.68 Å². The van der Waals surface area contributed by atoms with Gasteiger partial charge < -0.3 is 15.0 Å². The van der Waals surface area contributed by atoms with Crippen molar-refractivity contribution in [2.75, 3.05) is 5.32 Å². The van der Waals surface area contributed by atoms with Crippen molar-refractivity contribution >= 4 is 34.9 Å². The minimum atomic E-state index is -1.17. The summed E-state index contributed by atoms with van der Waals surface area (Å²) in [5.74, 6) is -0.263. The predicted octanol–water partition coefficient (Wildman–Crippen LogP) is 3.85. The van der Waals surface area contributed by atoms with Gasteiger partial charge in [-0.05, 0) is 59.5 Å². The summed E-state index contributed by atoms with van der Waals surface area (Å²) in [4.78, 5) is 38.0. The Balaban J connectivity index is 1.27. The molecule has 2 amide bonds. The summed E-state index contributed by atoms with van der Waals surface area (Å²) < 4.78 is 16.6. The van der Waals surface area contributed by atoms with Gasteiger partial charge in [0.25, 0.3) is 0 Å². The fraction of sp³-hybridized carbons (Fsp3) is 0.208. The number of nitrogens with one attached hydrogen (secondary N) is 2. The number of rotatable bonds is 5. The molecule has 0 unspecified atom stereocenters. The molecule has 0 spiro atoms. The van der Waals surface area contributed by atoms with Crippen molar-refractivity contribution in [3.05, 3.63) is 71.3 Å². The van der Waals surface area contributed by atoms with Crippen molar-refractivity contribution in [3.63, 3.8) is 0 Å². The molecule has 2 aliphatic heterocycles. The van der Waals surface area contributed by atoms with Crippen LogP contribution in [-0.4, -0.2) is 63.2 Å². The Morgan fingerprint density at radius 2 is 2.05 bits per heavy atom. The van der Waals surface area contributed by atoms with Crippen molar-refractivity contribution in [1.82, 2.24) is 40.1 Å². The van der Waals surface area contributed by atoms with Crippen LogP contribution < -0.4 is 5.32 Å². The molecule has 1 fully saturated rings. The van der Waals surface area contributed by atoms with Crippen LogP contribution in [0.5, 0.6) is 0 Å². The van der Waals surface area contributed by atoms with Gasteiger partial charge in [0.1, 0.15) is 12.2 Å². The second-order valence-electron chi connectivity index (χ2n) is 8.92. The Morgan fingerprint density at radius 1 is 1.18 bits per heavy atom. The van der Waals surface area contributed by atoms with Gasteiger partial charge in [-0.25, -0.2) is 14.2 Å². The summed E-state index contributed by atoms with van der Waals surface area (Å²) in [5.41, 5.74) is 2.69. The normalized spacial score (nSPS) is 18.8. The maximum atomic E-state index is 15.3. The quantitative estimate of drug-likeness (QED) is 0.348. The Kier molecular flexibility index (Phi) is 5.83. The average Bonchev–Trinajstić information content (AvgIpc) is 3.66. The molecule has 0 bridgehead atoms. The second-order valence-corrected chi connectivity index (χ2v) is 9.33. The zero-order chi connectivity index (χ0) is 26.4. The van der Waals surface area contributed by atoms with Gasteiger partial charge in [0.15, 0.2) is 5.82 Å². The van der Waals surface area contributed by atoms with E-state index in [0.29, 0.717) is 53.4 Å². The highest BCUT2D eigenvalue weighted by molar-refractivity contribution is 6.31. The molecule has 1 aromatic carbocycles. The Bertz CT molecular complexity index is 1570. The van der Waals surface area contributed by atoms with Gasteiger partial charge in [-0.1, -0.05) is 11.6 Å². The molecule has 0 radical (unpaired) electrons. The lowest BCUT2D eigenvalue weighted by Crippen LogP contribution is -2.39. The summed E-state index contributed by atoms with van der Waals surface area (Å²) in [5, 5.41) is 22.1. The van der Waals surface area contributed by atoms with Crippen molar-refractivity contribution in [2.45, 2.75) is 31.3 Å². The Morgan fingerprint density at radius 3 is 2.79 bits per heavy atom. The zero-order valence-corrected chi connectivity index (χ0v) is 20.3. The monoisotopic (exact) mass is 535 g/mol. The predicted molar refractivity (Wildman–Crippen MR) is 133 cm³/mol. The third-order valence-corrected chi connectivity index (χ3v) is 6.99. The fourth-order valence-corrected chi connectivity index (χ4v) is 5.25. The van der Waals surface area contributed by atoms with Crippen molar-refractivity contribution in [1.29, 1.82) is 0 Å². The number of carbonyl (C=O) groups is 2. The van der Waals surface area contributed by atoms with Gasteiger partial charge in [-0.3, -0.25) is 15.1 Å². The van der Waals surface area contributed by atoms with Crippen molar-refractivity contribution in [2.24, 2.45) is 0 Å². The number of anilines is 1. The first-order chi connectivity index (χ1) is 18.4. The molecular weight excluding hydrogens is 517 g/mol. The number of carbonyl (C=O) groups excluding carboxylic acids is 1. The van der Waals surface area contributed by atoms with Crippen LogP contribution in [0.2, 0.25) is 5.02 Å². The summed E-state index contributed by atoms with van der Waals surface area (Å²) in [6.45, 7) is 0. The van der Waals surface area contributed by atoms with E-state index in [0.717, 1.165) is 0 Å². The molecule has 5 heterocycles. The van der Waals surface area contributed by atoms with Gasteiger partial charge in [0.2, 0.25) is 5.91 Å². The third-order valence-electron chi connectivity index (χ3n) is 6.70. The maximum absolute atomic E-state index is 15.3. The number of halogens is 2. The number of imidazole rings is 1. The third kappa shape index (κ3) is 4.16. The largest absolute Gasteiger partial charge is 0.465 e. The molecule has 2 atom stereocenters. The molecule has 14 heteroatoms. The highest BCUT2D eigenvalue weighted by atomic mass is 35.5. The lowest BCUT2D eigenvalue weighted by molar-refractivity contribution is -0.129. The standard InChI is InChI=1S/C24H19ClFN9O3/c25-15-3-6-18(34-11-29-32-33-34)21(22(15)26)12-7-14-2-5-19(35(14)20(36)8-12)23-28-10-17(31-23)16-4-1-13(9-27-16)30-24(37)38/h1,3-4,6,8-11,14,19,30H,2,5,7H2,(H,28,31)(H,37,38)/t14-,19-/m0/s1. The van der Waals surface area contributed by atoms with E-state index in [1.54, 1.807) is 29.3 Å². The Labute approximate surface area is 219 Å². The molecule has 192 valence electrons. The van der Waals surface area contributed by atoms with Crippen LogP contribution in [0.25, 0.3) is 22.6 Å². The van der Waals surface area contributed by atoms with Crippen LogP contribution in [0.1, 0.15) is 36.7 Å². The van der Waals surface area contributed by atoms with E-state index < -0.39 is 11.9 Å². The number of fused-ring (bicyclic) bond motifs is 1. The number of H-pyrrole nitrogens is 1. The number of hydrogen-bond donors (Lipinski definition) is 3. The fourth-order valence-electron chi connectivity index (χ4n) is 5.09. The minimum Gasteiger partial charge on any atom is -0.465 e.